The van der Waals surface area contributed by atoms with E-state index in [-0.39, 0.29) is 5.41 Å². The van der Waals surface area contributed by atoms with Gasteiger partial charge in [0.2, 0.25) is 0 Å². The minimum Gasteiger partial charge on any atom is -0.493 e. The second-order valence-electron chi connectivity index (χ2n) is 6.67. The molecular formula is C16H23BrO. The Hall–Kier alpha value is -0.500. The highest BCUT2D eigenvalue weighted by Gasteiger charge is 2.42. The zero-order valence-electron chi connectivity index (χ0n) is 11.8. The first-order chi connectivity index (χ1) is 8.36. The summed E-state index contributed by atoms with van der Waals surface area (Å²) in [5.74, 6) is 1.06. The third-order valence-electron chi connectivity index (χ3n) is 3.72. The maximum Gasteiger partial charge on any atom is 0.123 e. The van der Waals surface area contributed by atoms with Crippen LogP contribution in [0.3, 0.4) is 0 Å². The number of hydrogen-bond donors (Lipinski definition) is 0. The van der Waals surface area contributed by atoms with Crippen molar-refractivity contribution in [3.05, 3.63) is 29.3 Å². The summed E-state index contributed by atoms with van der Waals surface area (Å²) >= 11 is 3.60. The molecule has 1 saturated carbocycles. The first-order valence-corrected chi connectivity index (χ1v) is 7.78. The summed E-state index contributed by atoms with van der Waals surface area (Å²) in [7, 11) is 0. The predicted molar refractivity (Wildman–Crippen MR) is 80.8 cm³/mol. The normalized spacial score (nSPS) is 17.6. The van der Waals surface area contributed by atoms with Crippen molar-refractivity contribution in [2.75, 3.05) is 11.9 Å². The standard InChI is InChI=1S/C16H23BrO/c1-12-5-6-13(15(2,3)4)14(9-12)18-11-16(10-17)7-8-16/h5-6,9H,7-8,10-11H2,1-4H3. The van der Waals surface area contributed by atoms with E-state index < -0.39 is 0 Å². The van der Waals surface area contributed by atoms with Gasteiger partial charge >= 0.3 is 0 Å². The Morgan fingerprint density at radius 1 is 1.28 bits per heavy atom. The molecule has 0 saturated heterocycles. The van der Waals surface area contributed by atoms with Crippen LogP contribution >= 0.6 is 15.9 Å². The molecule has 100 valence electrons. The molecule has 2 heteroatoms. The molecule has 1 aliphatic carbocycles. The lowest BCUT2D eigenvalue weighted by atomic mass is 9.86. The van der Waals surface area contributed by atoms with E-state index in [1.165, 1.54) is 24.0 Å². The molecule has 0 aromatic heterocycles. The van der Waals surface area contributed by atoms with Gasteiger partial charge in [0.1, 0.15) is 5.75 Å². The highest BCUT2D eigenvalue weighted by molar-refractivity contribution is 9.09. The molecular weight excluding hydrogens is 288 g/mol. The number of benzene rings is 1. The Labute approximate surface area is 119 Å². The quantitative estimate of drug-likeness (QED) is 0.723. The van der Waals surface area contributed by atoms with E-state index in [9.17, 15) is 0 Å². The van der Waals surface area contributed by atoms with Crippen molar-refractivity contribution in [3.63, 3.8) is 0 Å². The largest absolute Gasteiger partial charge is 0.493 e. The minimum absolute atomic E-state index is 0.133. The first kappa shape index (κ1) is 13.9. The van der Waals surface area contributed by atoms with Gasteiger partial charge in [-0.15, -0.1) is 0 Å². The summed E-state index contributed by atoms with van der Waals surface area (Å²) < 4.78 is 6.13. The summed E-state index contributed by atoms with van der Waals surface area (Å²) in [6.45, 7) is 9.67. The topological polar surface area (TPSA) is 9.23 Å². The average Bonchev–Trinajstić information content (AvgIpc) is 3.05. The Bertz CT molecular complexity index is 427. The van der Waals surface area contributed by atoms with E-state index in [1.807, 2.05) is 0 Å². The summed E-state index contributed by atoms with van der Waals surface area (Å²) in [5, 5.41) is 1.05. The Morgan fingerprint density at radius 3 is 2.44 bits per heavy atom. The van der Waals surface area contributed by atoms with Gasteiger partial charge in [0, 0.05) is 10.7 Å². The third-order valence-corrected chi connectivity index (χ3v) is 4.91. The smallest absolute Gasteiger partial charge is 0.123 e. The van der Waals surface area contributed by atoms with Crippen LogP contribution in [0.2, 0.25) is 0 Å². The van der Waals surface area contributed by atoms with E-state index >= 15 is 0 Å². The molecule has 1 nitrogen and oxygen atoms in total. The van der Waals surface area contributed by atoms with Crippen LogP contribution in [0.1, 0.15) is 44.7 Å². The number of aryl methyl sites for hydroxylation is 1. The van der Waals surface area contributed by atoms with Crippen molar-refractivity contribution in [1.82, 2.24) is 0 Å². The SMILES string of the molecule is Cc1ccc(C(C)(C)C)c(OCC2(CBr)CC2)c1. The van der Waals surface area contributed by atoms with E-state index in [4.69, 9.17) is 4.74 Å². The summed E-state index contributed by atoms with van der Waals surface area (Å²) in [5.41, 5.74) is 3.10. The summed E-state index contributed by atoms with van der Waals surface area (Å²) in [4.78, 5) is 0. The highest BCUT2D eigenvalue weighted by Crippen LogP contribution is 2.47. The molecule has 1 fully saturated rings. The molecule has 2 rings (SSSR count). The molecule has 18 heavy (non-hydrogen) atoms. The predicted octanol–water partition coefficient (Wildman–Crippen LogP) is 4.85. The molecule has 0 atom stereocenters. The van der Waals surface area contributed by atoms with Gasteiger partial charge in [-0.1, -0.05) is 48.8 Å². The number of hydrogen-bond acceptors (Lipinski definition) is 1. The molecule has 1 aliphatic rings. The lowest BCUT2D eigenvalue weighted by Gasteiger charge is -2.24. The van der Waals surface area contributed by atoms with Gasteiger partial charge in [-0.2, -0.15) is 0 Å². The number of ether oxygens (including phenoxy) is 1. The Balaban J connectivity index is 2.18. The Morgan fingerprint density at radius 2 is 1.94 bits per heavy atom. The molecule has 0 spiro atoms. The van der Waals surface area contributed by atoms with Crippen LogP contribution in [-0.4, -0.2) is 11.9 Å². The monoisotopic (exact) mass is 310 g/mol. The van der Waals surface area contributed by atoms with Crippen molar-refractivity contribution in [3.8, 4) is 5.75 Å². The van der Waals surface area contributed by atoms with Gasteiger partial charge in [-0.05, 0) is 42.4 Å². The fourth-order valence-electron chi connectivity index (χ4n) is 2.09. The van der Waals surface area contributed by atoms with Crippen LogP contribution in [-0.2, 0) is 5.41 Å². The van der Waals surface area contributed by atoms with Gasteiger partial charge in [0.25, 0.3) is 0 Å². The van der Waals surface area contributed by atoms with Crippen LogP contribution in [0.15, 0.2) is 18.2 Å². The molecule has 0 unspecified atom stereocenters. The molecule has 0 amide bonds. The maximum atomic E-state index is 6.13. The van der Waals surface area contributed by atoms with Gasteiger partial charge in [-0.25, -0.2) is 0 Å². The van der Waals surface area contributed by atoms with E-state index in [0.29, 0.717) is 5.41 Å². The lowest BCUT2D eigenvalue weighted by molar-refractivity contribution is 0.246. The third kappa shape index (κ3) is 3.09. The first-order valence-electron chi connectivity index (χ1n) is 6.66. The molecule has 0 aliphatic heterocycles. The zero-order valence-corrected chi connectivity index (χ0v) is 13.4. The number of rotatable bonds is 4. The second-order valence-corrected chi connectivity index (χ2v) is 7.23. The lowest BCUT2D eigenvalue weighted by Crippen LogP contribution is -2.18. The minimum atomic E-state index is 0.133. The van der Waals surface area contributed by atoms with Crippen molar-refractivity contribution >= 4 is 15.9 Å². The van der Waals surface area contributed by atoms with Crippen molar-refractivity contribution in [2.24, 2.45) is 5.41 Å². The van der Waals surface area contributed by atoms with Gasteiger partial charge in [0.05, 0.1) is 6.61 Å². The summed E-state index contributed by atoms with van der Waals surface area (Å²) in [6.07, 6.45) is 2.57. The van der Waals surface area contributed by atoms with Crippen LogP contribution < -0.4 is 4.74 Å². The van der Waals surface area contributed by atoms with Crippen molar-refractivity contribution in [1.29, 1.82) is 0 Å². The van der Waals surface area contributed by atoms with E-state index in [2.05, 4.69) is 61.8 Å². The average molecular weight is 311 g/mol. The maximum absolute atomic E-state index is 6.13. The molecule has 0 bridgehead atoms. The number of halogens is 1. The van der Waals surface area contributed by atoms with Gasteiger partial charge < -0.3 is 4.74 Å². The molecule has 1 aromatic carbocycles. The fraction of sp³-hybridized carbons (Fsp3) is 0.625. The van der Waals surface area contributed by atoms with Gasteiger partial charge in [0.15, 0.2) is 0 Å². The Kier molecular flexibility index (Phi) is 3.77. The van der Waals surface area contributed by atoms with Crippen LogP contribution in [0, 0.1) is 12.3 Å². The number of alkyl halides is 1. The van der Waals surface area contributed by atoms with E-state index in [1.54, 1.807) is 0 Å². The van der Waals surface area contributed by atoms with Gasteiger partial charge in [-0.3, -0.25) is 0 Å². The zero-order chi connectivity index (χ0) is 13.4. The van der Waals surface area contributed by atoms with Crippen LogP contribution in [0.5, 0.6) is 5.75 Å². The molecule has 0 radical (unpaired) electrons. The second kappa shape index (κ2) is 4.88. The van der Waals surface area contributed by atoms with Crippen molar-refractivity contribution in [2.45, 2.75) is 46.0 Å². The van der Waals surface area contributed by atoms with Crippen LogP contribution in [0.25, 0.3) is 0 Å². The molecule has 1 aromatic rings. The fourth-order valence-corrected chi connectivity index (χ4v) is 2.82. The van der Waals surface area contributed by atoms with E-state index in [0.717, 1.165) is 17.7 Å². The van der Waals surface area contributed by atoms with Crippen LogP contribution in [0.4, 0.5) is 0 Å². The molecule has 0 N–H and O–H groups in total. The molecule has 0 heterocycles. The van der Waals surface area contributed by atoms with Crippen molar-refractivity contribution < 1.29 is 4.74 Å². The summed E-state index contributed by atoms with van der Waals surface area (Å²) in [6, 6.07) is 6.55. The highest BCUT2D eigenvalue weighted by atomic mass is 79.9.